The van der Waals surface area contributed by atoms with Crippen molar-refractivity contribution in [2.45, 2.75) is 12.5 Å². The Balaban J connectivity index is 1.79. The molecule has 0 spiro atoms. The van der Waals surface area contributed by atoms with E-state index < -0.39 is 0 Å². The normalized spacial score (nSPS) is 20.2. The summed E-state index contributed by atoms with van der Waals surface area (Å²) in [5.74, 6) is 1.50. The van der Waals surface area contributed by atoms with Crippen LogP contribution in [0.1, 0.15) is 5.89 Å². The molecule has 1 atom stereocenters. The topological polar surface area (TPSA) is 56.5 Å². The fraction of sp³-hybridized carbons (Fsp3) is 0.462. The van der Waals surface area contributed by atoms with E-state index in [-0.39, 0.29) is 6.10 Å². The monoisotopic (exact) mass is 248 g/mol. The summed E-state index contributed by atoms with van der Waals surface area (Å²) in [6, 6.07) is 5.63. The Kier molecular flexibility index (Phi) is 3.17. The minimum atomic E-state index is 0.147. The molecule has 1 unspecified atom stereocenters. The van der Waals surface area contributed by atoms with Crippen LogP contribution in [0.4, 0.5) is 0 Å². The number of benzene rings is 1. The molecule has 1 N–H and O–H groups in total. The molecule has 0 bridgehead atoms. The number of aromatic nitrogens is 1. The molecule has 96 valence electrons. The number of ether oxygens (including phenoxy) is 2. The number of morpholine rings is 1. The molecule has 5 nitrogen and oxygen atoms in total. The Labute approximate surface area is 105 Å². The van der Waals surface area contributed by atoms with E-state index in [4.69, 9.17) is 13.9 Å². The number of rotatable bonds is 3. The van der Waals surface area contributed by atoms with Gasteiger partial charge in [0.25, 0.3) is 0 Å². The highest BCUT2D eigenvalue weighted by Crippen LogP contribution is 2.22. The Morgan fingerprint density at radius 2 is 2.44 bits per heavy atom. The molecule has 2 heterocycles. The van der Waals surface area contributed by atoms with Gasteiger partial charge in [-0.15, -0.1) is 0 Å². The maximum atomic E-state index is 5.70. The molecule has 5 heteroatoms. The van der Waals surface area contributed by atoms with E-state index in [9.17, 15) is 0 Å². The van der Waals surface area contributed by atoms with Crippen molar-refractivity contribution in [2.75, 3.05) is 26.8 Å². The van der Waals surface area contributed by atoms with Gasteiger partial charge in [0, 0.05) is 19.2 Å². The van der Waals surface area contributed by atoms with E-state index in [1.165, 1.54) is 0 Å². The van der Waals surface area contributed by atoms with Gasteiger partial charge in [-0.2, -0.15) is 0 Å². The molecule has 0 radical (unpaired) electrons. The Bertz CT molecular complexity index is 532. The van der Waals surface area contributed by atoms with Crippen LogP contribution >= 0.6 is 0 Å². The average Bonchev–Trinajstić information content (AvgIpc) is 2.80. The molecule has 0 amide bonds. The molecule has 18 heavy (non-hydrogen) atoms. The molecule has 1 aromatic carbocycles. The Morgan fingerprint density at radius 1 is 1.50 bits per heavy atom. The first-order valence-electron chi connectivity index (χ1n) is 6.11. The van der Waals surface area contributed by atoms with Gasteiger partial charge in [-0.1, -0.05) is 0 Å². The molecule has 1 fully saturated rings. The van der Waals surface area contributed by atoms with Gasteiger partial charge in [0.1, 0.15) is 11.3 Å². The average molecular weight is 248 g/mol. The highest BCUT2D eigenvalue weighted by atomic mass is 16.5. The summed E-state index contributed by atoms with van der Waals surface area (Å²) in [5.41, 5.74) is 1.61. The second-order valence-corrected chi connectivity index (χ2v) is 4.34. The SMILES string of the molecule is COc1ccc2oc(CC3CNCCO3)nc2c1. The lowest BCUT2D eigenvalue weighted by Gasteiger charge is -2.22. The minimum absolute atomic E-state index is 0.147. The number of oxazole rings is 1. The molecular formula is C13H16N2O3. The van der Waals surface area contributed by atoms with Crippen LogP contribution in [-0.2, 0) is 11.2 Å². The lowest BCUT2D eigenvalue weighted by molar-refractivity contribution is 0.0257. The van der Waals surface area contributed by atoms with Crippen LogP contribution in [0.5, 0.6) is 5.75 Å². The van der Waals surface area contributed by atoms with Crippen LogP contribution < -0.4 is 10.1 Å². The van der Waals surface area contributed by atoms with Gasteiger partial charge >= 0.3 is 0 Å². The van der Waals surface area contributed by atoms with Crippen molar-refractivity contribution in [3.05, 3.63) is 24.1 Å². The fourth-order valence-electron chi connectivity index (χ4n) is 2.11. The summed E-state index contributed by atoms with van der Waals surface area (Å²) < 4.78 is 16.5. The predicted molar refractivity (Wildman–Crippen MR) is 66.9 cm³/mol. The number of hydrogen-bond acceptors (Lipinski definition) is 5. The predicted octanol–water partition coefficient (Wildman–Crippen LogP) is 1.37. The molecule has 3 rings (SSSR count). The quantitative estimate of drug-likeness (QED) is 0.889. The number of fused-ring (bicyclic) bond motifs is 1. The largest absolute Gasteiger partial charge is 0.497 e. The van der Waals surface area contributed by atoms with Gasteiger partial charge in [-0.3, -0.25) is 0 Å². The van der Waals surface area contributed by atoms with Crippen molar-refractivity contribution >= 4 is 11.1 Å². The van der Waals surface area contributed by atoms with Crippen molar-refractivity contribution in [1.29, 1.82) is 0 Å². The van der Waals surface area contributed by atoms with Crippen molar-refractivity contribution in [3.63, 3.8) is 0 Å². The summed E-state index contributed by atoms with van der Waals surface area (Å²) in [6.45, 7) is 2.52. The fourth-order valence-corrected chi connectivity index (χ4v) is 2.11. The van der Waals surface area contributed by atoms with Gasteiger partial charge in [0.05, 0.1) is 26.2 Å². The number of nitrogens with one attached hydrogen (secondary N) is 1. The number of nitrogens with zero attached hydrogens (tertiary/aromatic N) is 1. The lowest BCUT2D eigenvalue weighted by Crippen LogP contribution is -2.39. The third-order valence-electron chi connectivity index (χ3n) is 3.05. The summed E-state index contributed by atoms with van der Waals surface area (Å²) in [4.78, 5) is 4.46. The van der Waals surface area contributed by atoms with Gasteiger partial charge in [-0.05, 0) is 12.1 Å². The molecule has 0 aliphatic carbocycles. The maximum Gasteiger partial charge on any atom is 0.198 e. The number of methoxy groups -OCH3 is 1. The van der Waals surface area contributed by atoms with E-state index in [1.807, 2.05) is 18.2 Å². The van der Waals surface area contributed by atoms with E-state index in [2.05, 4.69) is 10.3 Å². The molecule has 0 saturated carbocycles. The van der Waals surface area contributed by atoms with E-state index in [0.29, 0.717) is 12.3 Å². The van der Waals surface area contributed by atoms with E-state index >= 15 is 0 Å². The van der Waals surface area contributed by atoms with Crippen LogP contribution in [0.3, 0.4) is 0 Å². The summed E-state index contributed by atoms with van der Waals surface area (Å²) in [6.07, 6.45) is 0.845. The third-order valence-corrected chi connectivity index (χ3v) is 3.05. The van der Waals surface area contributed by atoms with Crippen molar-refractivity contribution < 1.29 is 13.9 Å². The van der Waals surface area contributed by atoms with Crippen molar-refractivity contribution in [2.24, 2.45) is 0 Å². The summed E-state index contributed by atoms with van der Waals surface area (Å²) >= 11 is 0. The second-order valence-electron chi connectivity index (χ2n) is 4.34. The van der Waals surface area contributed by atoms with Crippen LogP contribution in [0, 0.1) is 0 Å². The zero-order chi connectivity index (χ0) is 12.4. The summed E-state index contributed by atoms with van der Waals surface area (Å²) in [5, 5.41) is 3.29. The Hall–Kier alpha value is -1.59. The standard InChI is InChI=1S/C13H16N2O3/c1-16-9-2-3-12-11(6-9)15-13(18-12)7-10-8-14-4-5-17-10/h2-3,6,10,14H,4-5,7-8H2,1H3. The van der Waals surface area contributed by atoms with Crippen LogP contribution in [-0.4, -0.2) is 37.9 Å². The van der Waals surface area contributed by atoms with Crippen molar-refractivity contribution in [1.82, 2.24) is 10.3 Å². The van der Waals surface area contributed by atoms with Gasteiger partial charge < -0.3 is 19.2 Å². The zero-order valence-corrected chi connectivity index (χ0v) is 10.3. The maximum absolute atomic E-state index is 5.70. The molecule has 1 aliphatic heterocycles. The molecule has 1 aliphatic rings. The smallest absolute Gasteiger partial charge is 0.198 e. The minimum Gasteiger partial charge on any atom is -0.497 e. The van der Waals surface area contributed by atoms with Gasteiger partial charge in [0.2, 0.25) is 0 Å². The highest BCUT2D eigenvalue weighted by Gasteiger charge is 2.17. The zero-order valence-electron chi connectivity index (χ0n) is 10.3. The second kappa shape index (κ2) is 4.96. The Morgan fingerprint density at radius 3 is 3.22 bits per heavy atom. The first-order valence-corrected chi connectivity index (χ1v) is 6.11. The van der Waals surface area contributed by atoms with Crippen LogP contribution in [0.15, 0.2) is 22.6 Å². The first-order chi connectivity index (χ1) is 8.85. The van der Waals surface area contributed by atoms with Crippen LogP contribution in [0.2, 0.25) is 0 Å². The molecular weight excluding hydrogens is 232 g/mol. The lowest BCUT2D eigenvalue weighted by atomic mass is 10.2. The molecule has 2 aromatic rings. The summed E-state index contributed by atoms with van der Waals surface area (Å²) in [7, 11) is 1.64. The highest BCUT2D eigenvalue weighted by molar-refractivity contribution is 5.74. The van der Waals surface area contributed by atoms with Crippen LogP contribution in [0.25, 0.3) is 11.1 Å². The molecule has 1 aromatic heterocycles. The van der Waals surface area contributed by atoms with E-state index in [1.54, 1.807) is 7.11 Å². The van der Waals surface area contributed by atoms with Crippen molar-refractivity contribution in [3.8, 4) is 5.75 Å². The van der Waals surface area contributed by atoms with Gasteiger partial charge in [-0.25, -0.2) is 4.98 Å². The first kappa shape index (κ1) is 11.5. The number of hydrogen-bond donors (Lipinski definition) is 1. The third kappa shape index (κ3) is 2.32. The van der Waals surface area contributed by atoms with E-state index in [0.717, 1.165) is 36.5 Å². The molecule has 1 saturated heterocycles. The van der Waals surface area contributed by atoms with Gasteiger partial charge in [0.15, 0.2) is 11.5 Å².